The molecule has 2 rings (SSSR count). The highest BCUT2D eigenvalue weighted by atomic mass is 16.1. The predicted octanol–water partition coefficient (Wildman–Crippen LogP) is 1.57. The van der Waals surface area contributed by atoms with Crippen LogP contribution in [-0.4, -0.2) is 32.4 Å². The van der Waals surface area contributed by atoms with E-state index in [0.717, 1.165) is 29.1 Å². The summed E-state index contributed by atoms with van der Waals surface area (Å²) in [5, 5.41) is 14.2. The Morgan fingerprint density at radius 2 is 2.21 bits per heavy atom. The van der Waals surface area contributed by atoms with Gasteiger partial charge in [-0.2, -0.15) is 10.2 Å². The van der Waals surface area contributed by atoms with Gasteiger partial charge in [-0.25, -0.2) is 0 Å². The minimum atomic E-state index is -0.125. The fourth-order valence-corrected chi connectivity index (χ4v) is 2.04. The fraction of sp³-hybridized carbons (Fsp3) is 0.462. The third-order valence-corrected chi connectivity index (χ3v) is 3.12. The summed E-state index contributed by atoms with van der Waals surface area (Å²) in [5.41, 5.74) is 4.15. The van der Waals surface area contributed by atoms with Crippen LogP contribution in [0.5, 0.6) is 0 Å². The molecule has 0 aliphatic rings. The van der Waals surface area contributed by atoms with Crippen molar-refractivity contribution in [1.29, 1.82) is 0 Å². The van der Waals surface area contributed by atoms with Crippen molar-refractivity contribution in [3.8, 4) is 11.3 Å². The third kappa shape index (κ3) is 2.52. The van der Waals surface area contributed by atoms with Gasteiger partial charge in [-0.1, -0.05) is 6.92 Å². The molecule has 6 nitrogen and oxygen atoms in total. The van der Waals surface area contributed by atoms with Crippen molar-refractivity contribution < 1.29 is 4.79 Å². The van der Waals surface area contributed by atoms with E-state index in [1.807, 2.05) is 32.5 Å². The average molecular weight is 261 g/mol. The van der Waals surface area contributed by atoms with Gasteiger partial charge in [0, 0.05) is 24.8 Å². The summed E-state index contributed by atoms with van der Waals surface area (Å²) in [4.78, 5) is 11.8. The van der Waals surface area contributed by atoms with E-state index in [0.29, 0.717) is 12.2 Å². The predicted molar refractivity (Wildman–Crippen MR) is 72.9 cm³/mol. The Balaban J connectivity index is 2.28. The van der Waals surface area contributed by atoms with Gasteiger partial charge >= 0.3 is 0 Å². The number of carbonyl (C=O) groups is 1. The summed E-state index contributed by atoms with van der Waals surface area (Å²) >= 11 is 0. The Morgan fingerprint density at radius 3 is 2.79 bits per heavy atom. The van der Waals surface area contributed by atoms with E-state index in [-0.39, 0.29) is 5.91 Å². The maximum absolute atomic E-state index is 11.8. The van der Waals surface area contributed by atoms with Gasteiger partial charge in [0.1, 0.15) is 5.69 Å². The van der Waals surface area contributed by atoms with Crippen LogP contribution in [0.4, 0.5) is 0 Å². The largest absolute Gasteiger partial charge is 0.351 e. The van der Waals surface area contributed by atoms with Crippen molar-refractivity contribution in [3.05, 3.63) is 23.1 Å². The molecule has 2 N–H and O–H groups in total. The number of hydrogen-bond acceptors (Lipinski definition) is 3. The van der Waals surface area contributed by atoms with E-state index in [2.05, 4.69) is 20.6 Å². The number of H-pyrrole nitrogens is 1. The molecule has 2 heterocycles. The SMILES string of the molecule is CCCNC(=O)c1cc(-c2c(C)nn(C)c2C)n[nH]1. The first kappa shape index (κ1) is 13.3. The molecule has 0 aliphatic heterocycles. The van der Waals surface area contributed by atoms with Crippen LogP contribution in [0.3, 0.4) is 0 Å². The van der Waals surface area contributed by atoms with Crippen LogP contribution in [0.25, 0.3) is 11.3 Å². The van der Waals surface area contributed by atoms with Crippen molar-refractivity contribution in [2.75, 3.05) is 6.54 Å². The minimum absolute atomic E-state index is 0.125. The van der Waals surface area contributed by atoms with Crippen molar-refractivity contribution in [3.63, 3.8) is 0 Å². The van der Waals surface area contributed by atoms with E-state index in [4.69, 9.17) is 0 Å². The van der Waals surface area contributed by atoms with Gasteiger partial charge in [-0.15, -0.1) is 0 Å². The second-order valence-corrected chi connectivity index (χ2v) is 4.59. The molecule has 0 fully saturated rings. The minimum Gasteiger partial charge on any atom is -0.351 e. The Morgan fingerprint density at radius 1 is 1.47 bits per heavy atom. The number of hydrogen-bond donors (Lipinski definition) is 2. The standard InChI is InChI=1S/C13H19N5O/c1-5-6-14-13(19)11-7-10(15-16-11)12-8(2)17-18(4)9(12)3/h7H,5-6H2,1-4H3,(H,14,19)(H,15,16). The van der Waals surface area contributed by atoms with Gasteiger partial charge in [-0.3, -0.25) is 14.6 Å². The van der Waals surface area contributed by atoms with E-state index in [1.165, 1.54) is 0 Å². The molecule has 0 saturated carbocycles. The van der Waals surface area contributed by atoms with Crippen molar-refractivity contribution in [2.24, 2.45) is 7.05 Å². The number of aryl methyl sites for hydroxylation is 2. The molecule has 0 aliphatic carbocycles. The third-order valence-electron chi connectivity index (χ3n) is 3.12. The first-order valence-corrected chi connectivity index (χ1v) is 6.38. The lowest BCUT2D eigenvalue weighted by Crippen LogP contribution is -2.24. The second-order valence-electron chi connectivity index (χ2n) is 4.59. The van der Waals surface area contributed by atoms with Gasteiger partial charge in [0.25, 0.3) is 5.91 Å². The van der Waals surface area contributed by atoms with Crippen molar-refractivity contribution in [2.45, 2.75) is 27.2 Å². The molecular weight excluding hydrogens is 242 g/mol. The maximum atomic E-state index is 11.8. The van der Waals surface area contributed by atoms with Crippen LogP contribution in [-0.2, 0) is 7.05 Å². The normalized spacial score (nSPS) is 10.7. The number of aromatic nitrogens is 4. The van der Waals surface area contributed by atoms with E-state index >= 15 is 0 Å². The zero-order chi connectivity index (χ0) is 14.0. The molecule has 0 spiro atoms. The van der Waals surface area contributed by atoms with Crippen LogP contribution in [0, 0.1) is 13.8 Å². The summed E-state index contributed by atoms with van der Waals surface area (Å²) in [5.74, 6) is -0.125. The highest BCUT2D eigenvalue weighted by Gasteiger charge is 2.16. The highest BCUT2D eigenvalue weighted by Crippen LogP contribution is 2.24. The summed E-state index contributed by atoms with van der Waals surface area (Å²) in [6.45, 7) is 6.61. The molecule has 6 heteroatoms. The topological polar surface area (TPSA) is 75.6 Å². The van der Waals surface area contributed by atoms with Crippen LogP contribution in [0.15, 0.2) is 6.07 Å². The van der Waals surface area contributed by atoms with Crippen LogP contribution >= 0.6 is 0 Å². The van der Waals surface area contributed by atoms with Gasteiger partial charge in [0.05, 0.1) is 11.4 Å². The summed E-state index contributed by atoms with van der Waals surface area (Å²) in [6.07, 6.45) is 0.910. The van der Waals surface area contributed by atoms with Gasteiger partial charge in [0.2, 0.25) is 0 Å². The average Bonchev–Trinajstić information content (AvgIpc) is 2.93. The Kier molecular flexibility index (Phi) is 3.69. The molecule has 102 valence electrons. The quantitative estimate of drug-likeness (QED) is 0.877. The number of rotatable bonds is 4. The van der Waals surface area contributed by atoms with Gasteiger partial charge in [0.15, 0.2) is 0 Å². The molecule has 0 aromatic carbocycles. The lowest BCUT2D eigenvalue weighted by molar-refractivity contribution is 0.0948. The molecule has 0 saturated heterocycles. The van der Waals surface area contributed by atoms with Crippen LogP contribution in [0.1, 0.15) is 35.2 Å². The molecule has 2 aromatic rings. The first-order valence-electron chi connectivity index (χ1n) is 6.38. The lowest BCUT2D eigenvalue weighted by Gasteiger charge is -1.99. The second kappa shape index (κ2) is 5.26. The molecule has 0 unspecified atom stereocenters. The van der Waals surface area contributed by atoms with E-state index < -0.39 is 0 Å². The van der Waals surface area contributed by atoms with Crippen LogP contribution in [0.2, 0.25) is 0 Å². The highest BCUT2D eigenvalue weighted by molar-refractivity contribution is 5.93. The Bertz CT molecular complexity index is 596. The molecule has 2 aromatic heterocycles. The zero-order valence-electron chi connectivity index (χ0n) is 11.7. The van der Waals surface area contributed by atoms with Crippen LogP contribution < -0.4 is 5.32 Å². The molecular formula is C13H19N5O. The number of amides is 1. The number of aromatic amines is 1. The smallest absolute Gasteiger partial charge is 0.269 e. The van der Waals surface area contributed by atoms with Crippen molar-refractivity contribution >= 4 is 5.91 Å². The number of nitrogens with one attached hydrogen (secondary N) is 2. The summed E-state index contributed by atoms with van der Waals surface area (Å²) in [7, 11) is 1.90. The maximum Gasteiger partial charge on any atom is 0.269 e. The van der Waals surface area contributed by atoms with Crippen molar-refractivity contribution in [1.82, 2.24) is 25.3 Å². The summed E-state index contributed by atoms with van der Waals surface area (Å²) in [6, 6.07) is 1.77. The Labute approximate surface area is 112 Å². The molecule has 0 radical (unpaired) electrons. The molecule has 1 amide bonds. The van der Waals surface area contributed by atoms with E-state index in [1.54, 1.807) is 6.07 Å². The fourth-order valence-electron chi connectivity index (χ4n) is 2.04. The molecule has 0 bridgehead atoms. The number of carbonyl (C=O) groups excluding carboxylic acids is 1. The van der Waals surface area contributed by atoms with Gasteiger partial charge < -0.3 is 5.32 Å². The Hall–Kier alpha value is -2.11. The zero-order valence-corrected chi connectivity index (χ0v) is 11.7. The first-order chi connectivity index (χ1) is 9.04. The lowest BCUT2D eigenvalue weighted by atomic mass is 10.1. The van der Waals surface area contributed by atoms with Gasteiger partial charge in [-0.05, 0) is 26.3 Å². The summed E-state index contributed by atoms with van der Waals surface area (Å²) < 4.78 is 1.82. The molecule has 19 heavy (non-hydrogen) atoms. The van der Waals surface area contributed by atoms with E-state index in [9.17, 15) is 4.79 Å². The molecule has 0 atom stereocenters. The monoisotopic (exact) mass is 261 g/mol. The number of nitrogens with zero attached hydrogens (tertiary/aromatic N) is 3.